The van der Waals surface area contributed by atoms with Crippen LogP contribution < -0.4 is 0 Å². The summed E-state index contributed by atoms with van der Waals surface area (Å²) in [6, 6.07) is 23.4. The molecule has 0 spiro atoms. The zero-order chi connectivity index (χ0) is 22.1. The standard InChI is InChI=1S/C28H41NOSi/c1-5-31(6-2,7-3)30-26(18-12-11-17-24-15-9-8-10-16-24)22-21-25-23-29(4)28-20-14-13-19-27(25)28/h8-10,13-16,19-20,23,26H,5-7,11-12,17-18,21-22H2,1-4H3. The van der Waals surface area contributed by atoms with Gasteiger partial charge in [0.25, 0.3) is 0 Å². The average molecular weight is 436 g/mol. The first-order valence-electron chi connectivity index (χ1n) is 12.4. The molecule has 3 heteroatoms. The SMILES string of the molecule is CC[Si](CC)(CC)OC(CCCCc1ccccc1)CCc1cn(C)c2ccccc12. The Morgan fingerprint density at radius 3 is 2.19 bits per heavy atom. The summed E-state index contributed by atoms with van der Waals surface area (Å²) in [5.74, 6) is 0. The topological polar surface area (TPSA) is 14.2 Å². The van der Waals surface area contributed by atoms with Gasteiger partial charge in [-0.2, -0.15) is 0 Å². The number of hydrogen-bond acceptors (Lipinski definition) is 1. The predicted molar refractivity (Wildman–Crippen MR) is 137 cm³/mol. The van der Waals surface area contributed by atoms with Gasteiger partial charge in [-0.3, -0.25) is 0 Å². The normalized spacial score (nSPS) is 13.0. The second-order valence-corrected chi connectivity index (χ2v) is 13.8. The van der Waals surface area contributed by atoms with Crippen LogP contribution in [0, 0.1) is 0 Å². The van der Waals surface area contributed by atoms with E-state index in [2.05, 4.69) is 93.2 Å². The van der Waals surface area contributed by atoms with Crippen molar-refractivity contribution in [3.8, 4) is 0 Å². The quantitative estimate of drug-likeness (QED) is 0.196. The molecule has 168 valence electrons. The van der Waals surface area contributed by atoms with Crippen LogP contribution in [-0.2, 0) is 24.3 Å². The van der Waals surface area contributed by atoms with E-state index in [1.54, 1.807) is 0 Å². The number of nitrogens with zero attached hydrogens (tertiary/aromatic N) is 1. The van der Waals surface area contributed by atoms with E-state index >= 15 is 0 Å². The zero-order valence-corrected chi connectivity index (χ0v) is 21.1. The Morgan fingerprint density at radius 1 is 0.806 bits per heavy atom. The van der Waals surface area contributed by atoms with Gasteiger partial charge in [0.05, 0.1) is 0 Å². The van der Waals surface area contributed by atoms with Crippen molar-refractivity contribution in [3.05, 3.63) is 71.9 Å². The molecule has 1 heterocycles. The lowest BCUT2D eigenvalue weighted by Gasteiger charge is -2.33. The molecule has 0 aliphatic rings. The Kier molecular flexibility index (Phi) is 8.98. The van der Waals surface area contributed by atoms with Gasteiger partial charge in [0.2, 0.25) is 0 Å². The zero-order valence-electron chi connectivity index (χ0n) is 20.1. The average Bonchev–Trinajstić information content (AvgIpc) is 3.14. The molecule has 0 N–H and O–H groups in total. The monoisotopic (exact) mass is 435 g/mol. The van der Waals surface area contributed by atoms with E-state index in [0.717, 1.165) is 12.8 Å². The summed E-state index contributed by atoms with van der Waals surface area (Å²) in [6.07, 6.45) is 9.80. The lowest BCUT2D eigenvalue weighted by molar-refractivity contribution is 0.163. The van der Waals surface area contributed by atoms with E-state index in [1.165, 1.54) is 65.8 Å². The highest BCUT2D eigenvalue weighted by Crippen LogP contribution is 2.28. The van der Waals surface area contributed by atoms with E-state index in [0.29, 0.717) is 6.10 Å². The third kappa shape index (κ3) is 6.33. The van der Waals surface area contributed by atoms with Gasteiger partial charge in [-0.15, -0.1) is 0 Å². The molecule has 0 bridgehead atoms. The number of para-hydroxylation sites is 1. The van der Waals surface area contributed by atoms with Crippen molar-refractivity contribution in [2.75, 3.05) is 0 Å². The number of benzene rings is 2. The number of unbranched alkanes of at least 4 members (excludes halogenated alkanes) is 1. The first kappa shape index (κ1) is 23.8. The lowest BCUT2D eigenvalue weighted by atomic mass is 10.0. The minimum Gasteiger partial charge on any atom is -0.414 e. The fourth-order valence-corrected chi connectivity index (χ4v) is 7.85. The molecule has 31 heavy (non-hydrogen) atoms. The predicted octanol–water partition coefficient (Wildman–Crippen LogP) is 7.91. The van der Waals surface area contributed by atoms with Crippen LogP contribution in [0.15, 0.2) is 60.8 Å². The van der Waals surface area contributed by atoms with Gasteiger partial charge >= 0.3 is 0 Å². The molecule has 1 aromatic heterocycles. The summed E-state index contributed by atoms with van der Waals surface area (Å²) in [7, 11) is 0.563. The minimum atomic E-state index is -1.60. The highest BCUT2D eigenvalue weighted by atomic mass is 28.4. The lowest BCUT2D eigenvalue weighted by Crippen LogP contribution is -2.40. The second kappa shape index (κ2) is 11.7. The molecule has 2 nitrogen and oxygen atoms in total. The summed E-state index contributed by atoms with van der Waals surface area (Å²) >= 11 is 0. The van der Waals surface area contributed by atoms with Crippen LogP contribution in [0.1, 0.15) is 57.6 Å². The van der Waals surface area contributed by atoms with Crippen molar-refractivity contribution >= 4 is 19.2 Å². The van der Waals surface area contributed by atoms with Crippen LogP contribution in [0.3, 0.4) is 0 Å². The van der Waals surface area contributed by atoms with Crippen molar-refractivity contribution in [3.63, 3.8) is 0 Å². The Hall–Kier alpha value is -1.84. The number of aromatic nitrogens is 1. The van der Waals surface area contributed by atoms with Gasteiger partial charge in [0, 0.05) is 30.3 Å². The van der Waals surface area contributed by atoms with Gasteiger partial charge in [-0.05, 0) is 67.4 Å². The highest BCUT2D eigenvalue weighted by Gasteiger charge is 2.31. The van der Waals surface area contributed by atoms with Crippen LogP contribution in [-0.4, -0.2) is 19.0 Å². The van der Waals surface area contributed by atoms with Crippen LogP contribution >= 0.6 is 0 Å². The van der Waals surface area contributed by atoms with E-state index in [4.69, 9.17) is 4.43 Å². The van der Waals surface area contributed by atoms with E-state index in [1.807, 2.05) is 0 Å². The minimum absolute atomic E-state index is 0.390. The molecule has 1 unspecified atom stereocenters. The van der Waals surface area contributed by atoms with Crippen LogP contribution in [0.2, 0.25) is 18.1 Å². The maximum absolute atomic E-state index is 7.01. The largest absolute Gasteiger partial charge is 0.414 e. The molecule has 3 aromatic rings. The number of aryl methyl sites for hydroxylation is 3. The summed E-state index contributed by atoms with van der Waals surface area (Å²) in [6.45, 7) is 7.03. The van der Waals surface area contributed by atoms with Crippen molar-refractivity contribution in [2.24, 2.45) is 7.05 Å². The highest BCUT2D eigenvalue weighted by molar-refractivity contribution is 6.73. The molecule has 0 fully saturated rings. The summed E-state index contributed by atoms with van der Waals surface area (Å²) in [4.78, 5) is 0. The van der Waals surface area contributed by atoms with Crippen molar-refractivity contribution in [2.45, 2.75) is 83.5 Å². The molecule has 0 aliphatic carbocycles. The third-order valence-electron chi connectivity index (χ3n) is 7.15. The Morgan fingerprint density at radius 2 is 1.48 bits per heavy atom. The molecule has 2 aromatic carbocycles. The van der Waals surface area contributed by atoms with Gasteiger partial charge in [-0.1, -0.05) is 75.7 Å². The summed E-state index contributed by atoms with van der Waals surface area (Å²) in [5.41, 5.74) is 4.25. The van der Waals surface area contributed by atoms with Gasteiger partial charge < -0.3 is 8.99 Å². The summed E-state index contributed by atoms with van der Waals surface area (Å²) in [5, 5.41) is 1.40. The van der Waals surface area contributed by atoms with Crippen molar-refractivity contribution < 1.29 is 4.43 Å². The first-order valence-corrected chi connectivity index (χ1v) is 14.9. The Labute approximate surface area is 190 Å². The van der Waals surface area contributed by atoms with E-state index < -0.39 is 8.32 Å². The molecule has 3 rings (SSSR count). The third-order valence-corrected chi connectivity index (χ3v) is 11.8. The van der Waals surface area contributed by atoms with Crippen LogP contribution in [0.4, 0.5) is 0 Å². The van der Waals surface area contributed by atoms with Crippen LogP contribution in [0.5, 0.6) is 0 Å². The van der Waals surface area contributed by atoms with Gasteiger partial charge in [0.1, 0.15) is 0 Å². The molecule has 0 saturated heterocycles. The Bertz CT molecular complexity index is 905. The molecule has 0 amide bonds. The summed E-state index contributed by atoms with van der Waals surface area (Å²) < 4.78 is 9.28. The number of rotatable bonds is 13. The number of fused-ring (bicyclic) bond motifs is 1. The first-order chi connectivity index (χ1) is 15.1. The molecule has 0 radical (unpaired) electrons. The molecule has 0 aliphatic heterocycles. The van der Waals surface area contributed by atoms with Gasteiger partial charge in [0.15, 0.2) is 8.32 Å². The second-order valence-electron chi connectivity index (χ2n) is 9.04. The van der Waals surface area contributed by atoms with Crippen LogP contribution in [0.25, 0.3) is 10.9 Å². The molecular formula is C28H41NOSi. The maximum Gasteiger partial charge on any atom is 0.192 e. The smallest absolute Gasteiger partial charge is 0.192 e. The fraction of sp³-hybridized carbons (Fsp3) is 0.500. The maximum atomic E-state index is 7.01. The molecule has 1 atom stereocenters. The van der Waals surface area contributed by atoms with Crippen molar-refractivity contribution in [1.29, 1.82) is 0 Å². The Balaban J connectivity index is 1.64. The van der Waals surface area contributed by atoms with Gasteiger partial charge in [-0.25, -0.2) is 0 Å². The molecular weight excluding hydrogens is 394 g/mol. The van der Waals surface area contributed by atoms with Crippen molar-refractivity contribution in [1.82, 2.24) is 4.57 Å². The number of hydrogen-bond donors (Lipinski definition) is 0. The molecule has 0 saturated carbocycles. The van der Waals surface area contributed by atoms with E-state index in [9.17, 15) is 0 Å². The van der Waals surface area contributed by atoms with E-state index in [-0.39, 0.29) is 0 Å². The fourth-order valence-electron chi connectivity index (χ4n) is 4.90.